The molecule has 0 spiro atoms. The molecule has 24 heavy (non-hydrogen) atoms. The van der Waals surface area contributed by atoms with Gasteiger partial charge in [-0.25, -0.2) is 0 Å². The van der Waals surface area contributed by atoms with Crippen LogP contribution in [0, 0.1) is 0 Å². The molecule has 1 heterocycles. The van der Waals surface area contributed by atoms with Crippen molar-refractivity contribution in [2.24, 2.45) is 7.05 Å². The fourth-order valence-corrected chi connectivity index (χ4v) is 7.64. The molecule has 0 aliphatic heterocycles. The van der Waals surface area contributed by atoms with Crippen LogP contribution in [-0.2, 0) is 7.05 Å². The van der Waals surface area contributed by atoms with Crippen molar-refractivity contribution >= 4 is 34.5 Å². The van der Waals surface area contributed by atoms with Crippen LogP contribution >= 0.6 is 0 Å². The van der Waals surface area contributed by atoms with Crippen molar-refractivity contribution in [3.63, 3.8) is 0 Å². The van der Waals surface area contributed by atoms with Crippen LogP contribution < -0.4 is 15.6 Å². The lowest BCUT2D eigenvalue weighted by Gasteiger charge is -2.28. The lowest BCUT2D eigenvalue weighted by atomic mass is 10.2. The standard InChI is InChI=1S/C22H21NSi/c1-23-17-22(20-15-9-10-16-21(20)23)24(2,18-11-5-3-6-12-18)19-13-7-4-8-14-19/h3-17H,1-2H3. The summed E-state index contributed by atoms with van der Waals surface area (Å²) < 4.78 is 2.27. The van der Waals surface area contributed by atoms with Crippen molar-refractivity contribution in [1.29, 1.82) is 0 Å². The summed E-state index contributed by atoms with van der Waals surface area (Å²) in [6.45, 7) is 2.47. The third-order valence-electron chi connectivity index (χ3n) is 5.14. The molecule has 1 nitrogen and oxygen atoms in total. The van der Waals surface area contributed by atoms with Crippen molar-refractivity contribution < 1.29 is 0 Å². The zero-order valence-corrected chi connectivity index (χ0v) is 15.1. The Morgan fingerprint density at radius 1 is 0.667 bits per heavy atom. The maximum absolute atomic E-state index is 2.47. The van der Waals surface area contributed by atoms with E-state index in [0.717, 1.165) is 0 Å². The van der Waals surface area contributed by atoms with Crippen LogP contribution in [0.3, 0.4) is 0 Å². The second-order valence-electron chi connectivity index (χ2n) is 6.53. The minimum atomic E-state index is -2.04. The third-order valence-corrected chi connectivity index (χ3v) is 9.59. The minimum absolute atomic E-state index is 1.30. The zero-order valence-electron chi connectivity index (χ0n) is 14.1. The first-order chi connectivity index (χ1) is 11.7. The molecule has 0 aliphatic carbocycles. The predicted octanol–water partition coefficient (Wildman–Crippen LogP) is 3.28. The van der Waals surface area contributed by atoms with Crippen molar-refractivity contribution in [2.75, 3.05) is 0 Å². The summed E-state index contributed by atoms with van der Waals surface area (Å²) in [6.07, 6.45) is 2.34. The minimum Gasteiger partial charge on any atom is -0.351 e. The van der Waals surface area contributed by atoms with Gasteiger partial charge in [0.15, 0.2) is 0 Å². The van der Waals surface area contributed by atoms with E-state index in [4.69, 9.17) is 0 Å². The summed E-state index contributed by atoms with van der Waals surface area (Å²) in [5.74, 6) is 0. The van der Waals surface area contributed by atoms with Gasteiger partial charge in [0.05, 0.1) is 0 Å². The van der Waals surface area contributed by atoms with E-state index in [9.17, 15) is 0 Å². The van der Waals surface area contributed by atoms with E-state index in [0.29, 0.717) is 0 Å². The number of rotatable bonds is 3. The first-order valence-electron chi connectivity index (χ1n) is 8.37. The number of benzene rings is 3. The molecule has 0 N–H and O–H groups in total. The molecular formula is C22H21NSi. The number of fused-ring (bicyclic) bond motifs is 1. The van der Waals surface area contributed by atoms with Crippen molar-refractivity contribution in [3.05, 3.63) is 91.1 Å². The van der Waals surface area contributed by atoms with Gasteiger partial charge in [-0.05, 0) is 27.0 Å². The number of hydrogen-bond acceptors (Lipinski definition) is 0. The highest BCUT2D eigenvalue weighted by Gasteiger charge is 2.36. The van der Waals surface area contributed by atoms with Crippen LogP contribution in [0.4, 0.5) is 0 Å². The summed E-state index contributed by atoms with van der Waals surface area (Å²) >= 11 is 0. The Bertz CT molecular complexity index is 931. The highest BCUT2D eigenvalue weighted by Crippen LogP contribution is 2.17. The van der Waals surface area contributed by atoms with Crippen LogP contribution in [0.15, 0.2) is 91.1 Å². The summed E-state index contributed by atoms with van der Waals surface area (Å²) in [5.41, 5.74) is 1.30. The molecule has 0 radical (unpaired) electrons. The SMILES string of the molecule is Cn1cc([Si](C)(c2ccccc2)c2ccccc2)c2ccccc21. The molecule has 0 fully saturated rings. The Balaban J connectivity index is 2.07. The topological polar surface area (TPSA) is 4.93 Å². The van der Waals surface area contributed by atoms with E-state index in [1.807, 2.05) is 0 Å². The molecule has 4 aromatic rings. The van der Waals surface area contributed by atoms with E-state index in [2.05, 4.69) is 109 Å². The molecular weight excluding hydrogens is 306 g/mol. The summed E-state index contributed by atoms with van der Waals surface area (Å²) in [7, 11) is 0.107. The summed E-state index contributed by atoms with van der Waals surface area (Å²) in [5, 5.41) is 5.76. The first-order valence-corrected chi connectivity index (χ1v) is 10.9. The molecule has 1 aromatic heterocycles. The highest BCUT2D eigenvalue weighted by atomic mass is 28.3. The Kier molecular flexibility index (Phi) is 3.62. The largest absolute Gasteiger partial charge is 0.351 e. The molecule has 2 heteroatoms. The number of nitrogens with zero attached hydrogens (tertiary/aromatic N) is 1. The molecule has 0 bridgehead atoms. The monoisotopic (exact) mass is 327 g/mol. The van der Waals surface area contributed by atoms with E-state index in [1.165, 1.54) is 26.5 Å². The van der Waals surface area contributed by atoms with Crippen molar-refractivity contribution in [2.45, 2.75) is 6.55 Å². The number of para-hydroxylation sites is 1. The molecule has 118 valence electrons. The van der Waals surface area contributed by atoms with Crippen LogP contribution in [0.1, 0.15) is 0 Å². The van der Waals surface area contributed by atoms with E-state index in [-0.39, 0.29) is 0 Å². The van der Waals surface area contributed by atoms with Gasteiger partial charge in [0.2, 0.25) is 0 Å². The van der Waals surface area contributed by atoms with Crippen molar-refractivity contribution in [3.8, 4) is 0 Å². The molecule has 4 rings (SSSR count). The zero-order chi connectivity index (χ0) is 16.6. The number of hydrogen-bond donors (Lipinski definition) is 0. The lowest BCUT2D eigenvalue weighted by molar-refractivity contribution is 0.972. The number of aryl methyl sites for hydroxylation is 1. The number of aromatic nitrogens is 1. The fourth-order valence-electron chi connectivity index (χ4n) is 3.76. The van der Waals surface area contributed by atoms with E-state index in [1.54, 1.807) is 0 Å². The van der Waals surface area contributed by atoms with Gasteiger partial charge in [0, 0.05) is 18.8 Å². The lowest BCUT2D eigenvalue weighted by Crippen LogP contribution is -2.64. The second-order valence-corrected chi connectivity index (χ2v) is 10.5. The third kappa shape index (κ3) is 2.22. The second kappa shape index (κ2) is 5.80. The van der Waals surface area contributed by atoms with E-state index >= 15 is 0 Å². The maximum atomic E-state index is 2.47. The highest BCUT2D eigenvalue weighted by molar-refractivity contribution is 7.11. The molecule has 3 aromatic carbocycles. The van der Waals surface area contributed by atoms with Gasteiger partial charge in [-0.1, -0.05) is 85.4 Å². The van der Waals surface area contributed by atoms with Gasteiger partial charge in [0.25, 0.3) is 0 Å². The first kappa shape index (κ1) is 15.0. The van der Waals surface area contributed by atoms with Gasteiger partial charge < -0.3 is 4.57 Å². The summed E-state index contributed by atoms with van der Waals surface area (Å²) in [4.78, 5) is 0. The average Bonchev–Trinajstić information content (AvgIpc) is 3.00. The van der Waals surface area contributed by atoms with E-state index < -0.39 is 8.07 Å². The Hall–Kier alpha value is -2.58. The molecule has 0 atom stereocenters. The Morgan fingerprint density at radius 3 is 1.75 bits per heavy atom. The van der Waals surface area contributed by atoms with Crippen LogP contribution in [0.5, 0.6) is 0 Å². The van der Waals surface area contributed by atoms with Crippen LogP contribution in [-0.4, -0.2) is 12.6 Å². The molecule has 0 unspecified atom stereocenters. The van der Waals surface area contributed by atoms with Gasteiger partial charge in [-0.15, -0.1) is 0 Å². The Labute approximate surface area is 144 Å². The molecule has 0 saturated carbocycles. The average molecular weight is 328 g/mol. The molecule has 0 aliphatic rings. The molecule has 0 saturated heterocycles. The van der Waals surface area contributed by atoms with Gasteiger partial charge >= 0.3 is 0 Å². The quantitative estimate of drug-likeness (QED) is 0.509. The van der Waals surface area contributed by atoms with Crippen LogP contribution in [0.25, 0.3) is 10.9 Å². The fraction of sp³-hybridized carbons (Fsp3) is 0.0909. The van der Waals surface area contributed by atoms with Gasteiger partial charge in [-0.2, -0.15) is 0 Å². The normalized spacial score (nSPS) is 11.8. The smallest absolute Gasteiger partial charge is 0.148 e. The Morgan fingerprint density at radius 2 is 1.17 bits per heavy atom. The van der Waals surface area contributed by atoms with Gasteiger partial charge in [0.1, 0.15) is 8.07 Å². The summed E-state index contributed by atoms with van der Waals surface area (Å²) in [6, 6.07) is 30.8. The van der Waals surface area contributed by atoms with Crippen LogP contribution in [0.2, 0.25) is 6.55 Å². The maximum Gasteiger partial charge on any atom is 0.148 e. The molecule has 0 amide bonds. The van der Waals surface area contributed by atoms with Gasteiger partial charge in [-0.3, -0.25) is 0 Å². The predicted molar refractivity (Wildman–Crippen MR) is 106 cm³/mol. The van der Waals surface area contributed by atoms with Crippen molar-refractivity contribution in [1.82, 2.24) is 4.57 Å².